The second-order valence-electron chi connectivity index (χ2n) is 20.5. The van der Waals surface area contributed by atoms with E-state index in [1.165, 1.54) is 36.7 Å². The van der Waals surface area contributed by atoms with Gasteiger partial charge in [0.1, 0.15) is 34.6 Å². The number of terminal acetylenes is 1. The molecule has 27 heteroatoms. The molecule has 0 aliphatic rings. The number of nitrogen functional groups attached to an aromatic ring is 2. The van der Waals surface area contributed by atoms with Crippen LogP contribution < -0.4 is 38.0 Å². The molecule has 0 saturated heterocycles. The van der Waals surface area contributed by atoms with Crippen molar-refractivity contribution in [1.82, 2.24) is 40.5 Å². The zero-order valence-corrected chi connectivity index (χ0v) is 50.5. The maximum absolute atomic E-state index is 15.5. The van der Waals surface area contributed by atoms with Crippen molar-refractivity contribution >= 4 is 80.7 Å². The van der Waals surface area contributed by atoms with E-state index in [4.69, 9.17) is 59.0 Å². The maximum atomic E-state index is 15.5. The van der Waals surface area contributed by atoms with E-state index in [9.17, 15) is 29.1 Å². The molecule has 0 radical (unpaired) electrons. The Morgan fingerprint density at radius 1 is 0.856 bits per heavy atom. The van der Waals surface area contributed by atoms with Crippen LogP contribution in [0.4, 0.5) is 26.2 Å². The number of aromatic nitrogens is 6. The number of hydrazone groups is 1. The lowest BCUT2D eigenvalue weighted by molar-refractivity contribution is -0.139. The van der Waals surface area contributed by atoms with E-state index in [1.54, 1.807) is 44.3 Å². The molecule has 0 aliphatic heterocycles. The number of carbonyl (C=O) groups excluding carboxylic acids is 2. The predicted molar refractivity (Wildman–Crippen MR) is 337 cm³/mol. The molecule has 0 spiro atoms. The number of pyridine rings is 2. The molecule has 1 unspecified atom stereocenters. The fourth-order valence-electron chi connectivity index (χ4n) is 9.22. The highest BCUT2D eigenvalue weighted by molar-refractivity contribution is 6.35. The summed E-state index contributed by atoms with van der Waals surface area (Å²) in [4.78, 5) is 67.7. The number of carboxylic acids is 1. The second kappa shape index (κ2) is 34.8. The van der Waals surface area contributed by atoms with Gasteiger partial charge >= 0.3 is 12.0 Å². The summed E-state index contributed by atoms with van der Waals surface area (Å²) in [7, 11) is 0. The summed E-state index contributed by atoms with van der Waals surface area (Å²) in [6.45, 7) is 6.62. The van der Waals surface area contributed by atoms with Gasteiger partial charge in [-0.05, 0) is 105 Å². The standard InChI is InChI=1S/C63H70ClF2N15O9/c1-4-8-44(29-40-10-16-51-48(30-40)59(68)80-62(69)78-51)42-11-13-43(14-12-42)60(83)77-52(61(84)85)17-18-54(82)72-20-22-86-23-24-87-25-26-88-27-28-89-37-46(81-70)36-71-19-6-5-7-21-90-63-73-34-45(35-74-63)56-50(66)32-53-57(79-56)58(55(64)39(3)75-53)76-38(2)47-31-41(33-67)9-15-49(47)65/h1,9-16,30-32,34-36,38,44,52H,5-8,17-29,37,70H2,2-3H3,(H,72,82)(H,75,76)(H,77,83)(H,84,85)(H4,68,69,78,80)/b71-36?,81-46+/t38-,44?,52+/m1/s1. The average molecular weight is 1250 g/mol. The van der Waals surface area contributed by atoms with Crippen LogP contribution in [0.25, 0.3) is 33.2 Å². The Morgan fingerprint density at radius 2 is 1.58 bits per heavy atom. The van der Waals surface area contributed by atoms with Gasteiger partial charge in [-0.15, -0.1) is 12.3 Å². The topological polar surface area (TPSA) is 358 Å². The monoisotopic (exact) mass is 1250 g/mol. The number of nitriles is 1. The number of nitrogens with one attached hydrogen (secondary N) is 3. The van der Waals surface area contributed by atoms with Crippen molar-refractivity contribution in [1.29, 1.82) is 5.26 Å². The Hall–Kier alpha value is -9.57. The lowest BCUT2D eigenvalue weighted by Gasteiger charge is -2.20. The number of aliphatic imine (C=N–C) groups is 1. The molecule has 2 amide bonds. The Bertz CT molecular complexity index is 3740. The van der Waals surface area contributed by atoms with E-state index >= 15 is 4.39 Å². The van der Waals surface area contributed by atoms with Crippen molar-refractivity contribution in [2.45, 2.75) is 76.8 Å². The quantitative estimate of drug-likeness (QED) is 0.00653. The minimum Gasteiger partial charge on any atom is -0.480 e. The van der Waals surface area contributed by atoms with Crippen LogP contribution in [0.1, 0.15) is 95.7 Å². The first kappa shape index (κ1) is 67.9. The molecule has 3 aromatic carbocycles. The van der Waals surface area contributed by atoms with E-state index in [0.29, 0.717) is 99.0 Å². The summed E-state index contributed by atoms with van der Waals surface area (Å²) in [5, 5.41) is 32.2. The van der Waals surface area contributed by atoms with Crippen LogP contribution in [0.15, 0.2) is 89.2 Å². The van der Waals surface area contributed by atoms with Crippen LogP contribution in [-0.4, -0.2) is 143 Å². The highest BCUT2D eigenvalue weighted by atomic mass is 35.5. The van der Waals surface area contributed by atoms with Gasteiger partial charge in [-0.3, -0.25) is 14.6 Å². The number of aryl methyl sites for hydroxylation is 1. The van der Waals surface area contributed by atoms with Crippen LogP contribution in [0.2, 0.25) is 5.02 Å². The van der Waals surface area contributed by atoms with Gasteiger partial charge in [-0.25, -0.2) is 38.5 Å². The summed E-state index contributed by atoms with van der Waals surface area (Å²) < 4.78 is 58.2. The molecular weight excluding hydrogens is 1180 g/mol. The van der Waals surface area contributed by atoms with Crippen LogP contribution in [0.3, 0.4) is 0 Å². The van der Waals surface area contributed by atoms with Crippen LogP contribution in [0.5, 0.6) is 6.01 Å². The summed E-state index contributed by atoms with van der Waals surface area (Å²) in [6, 6.07) is 17.9. The maximum Gasteiger partial charge on any atom is 0.326 e. The number of carbonyl (C=O) groups is 3. The van der Waals surface area contributed by atoms with Gasteiger partial charge in [0.25, 0.3) is 5.91 Å². The number of unbranched alkanes of at least 4 members (excludes halogenated alkanes) is 2. The lowest BCUT2D eigenvalue weighted by atomic mass is 9.88. The normalized spacial score (nSPS) is 12.5. The minimum atomic E-state index is -1.30. The van der Waals surface area contributed by atoms with Crippen molar-refractivity contribution in [2.75, 3.05) is 89.3 Å². The number of ether oxygens (including phenoxy) is 5. The van der Waals surface area contributed by atoms with Gasteiger partial charge in [0, 0.05) is 72.7 Å². The van der Waals surface area contributed by atoms with Crippen molar-refractivity contribution in [2.24, 2.45) is 15.9 Å². The number of hydrogen-bond acceptors (Lipinski definition) is 21. The number of benzene rings is 3. The van der Waals surface area contributed by atoms with E-state index < -0.39 is 41.5 Å². The summed E-state index contributed by atoms with van der Waals surface area (Å²) >= 11 is 6.68. The number of nitrogens with two attached hydrogens (primary N) is 3. The van der Waals surface area contributed by atoms with E-state index in [0.717, 1.165) is 24.0 Å². The molecule has 7 rings (SSSR count). The third-order valence-electron chi connectivity index (χ3n) is 13.9. The number of hydrogen-bond donors (Lipinski definition) is 7. The lowest BCUT2D eigenvalue weighted by Crippen LogP contribution is -2.41. The first-order valence-electron chi connectivity index (χ1n) is 28.9. The van der Waals surface area contributed by atoms with Crippen LogP contribution in [-0.2, 0) is 35.0 Å². The first-order chi connectivity index (χ1) is 43.5. The number of fused-ring (bicyclic) bond motifs is 2. The van der Waals surface area contributed by atoms with E-state index in [-0.39, 0.29) is 101 Å². The van der Waals surface area contributed by atoms with Gasteiger partial charge in [0.05, 0.1) is 105 Å². The molecule has 4 heterocycles. The molecular formula is C63H70ClF2N15O9. The largest absolute Gasteiger partial charge is 0.480 e. The van der Waals surface area contributed by atoms with Crippen LogP contribution in [0, 0.1) is 42.2 Å². The number of amides is 2. The minimum absolute atomic E-state index is 0.0497. The number of halogens is 3. The highest BCUT2D eigenvalue weighted by Crippen LogP contribution is 2.37. The number of nitrogens with zero attached hydrogens (tertiary/aromatic N) is 9. The Morgan fingerprint density at radius 3 is 2.28 bits per heavy atom. The van der Waals surface area contributed by atoms with Gasteiger partial charge in [0.15, 0.2) is 5.82 Å². The van der Waals surface area contributed by atoms with Crippen molar-refractivity contribution in [3.8, 4) is 35.7 Å². The zero-order valence-electron chi connectivity index (χ0n) is 49.7. The van der Waals surface area contributed by atoms with Crippen LogP contribution >= 0.6 is 11.6 Å². The fourth-order valence-corrected chi connectivity index (χ4v) is 9.41. The molecule has 24 nitrogen and oxygen atoms in total. The molecule has 0 fully saturated rings. The molecule has 0 saturated carbocycles. The summed E-state index contributed by atoms with van der Waals surface area (Å²) in [5.41, 5.74) is 17.0. The molecule has 0 aliphatic carbocycles. The number of rotatable bonds is 36. The van der Waals surface area contributed by atoms with E-state index in [1.807, 2.05) is 24.3 Å². The Kier molecular flexibility index (Phi) is 26.3. The number of carboxylic acid groups (broad SMARTS) is 1. The predicted octanol–water partition coefficient (Wildman–Crippen LogP) is 7.61. The van der Waals surface area contributed by atoms with Gasteiger partial charge in [-0.2, -0.15) is 15.3 Å². The molecule has 7 aromatic rings. The van der Waals surface area contributed by atoms with Crippen molar-refractivity contribution in [3.63, 3.8) is 0 Å². The van der Waals surface area contributed by atoms with E-state index in [2.05, 4.69) is 61.9 Å². The van der Waals surface area contributed by atoms with Crippen molar-refractivity contribution in [3.05, 3.63) is 129 Å². The smallest absolute Gasteiger partial charge is 0.326 e. The van der Waals surface area contributed by atoms with Crippen molar-refractivity contribution < 1.29 is 52.0 Å². The average Bonchev–Trinajstić information content (AvgIpc) is 0.819. The highest BCUT2D eigenvalue weighted by Gasteiger charge is 2.24. The number of anilines is 3. The first-order valence-corrected chi connectivity index (χ1v) is 29.2. The Balaban J connectivity index is 0.681. The molecule has 0 bridgehead atoms. The van der Waals surface area contributed by atoms with Gasteiger partial charge < -0.3 is 62.1 Å². The Labute approximate surface area is 523 Å². The third kappa shape index (κ3) is 20.2. The second-order valence-corrected chi connectivity index (χ2v) is 20.9. The SMILES string of the molecule is C#CCC(Cc1ccc2nc(N)nc(N)c2c1)c1ccc(C(=O)N[C@@H](CCC(=O)NCCOCCOCCOCCOC/C(C=NCCCCCOc2ncc(-c3nc4c(N[C@H](C)c5cc(C#N)ccc5F)c(Cl)c(C)nc4cc3F)cn2)=N/N)C(=O)O)cc1. The number of aliphatic carboxylic acids is 1. The molecule has 3 atom stereocenters. The molecule has 472 valence electrons. The van der Waals surface area contributed by atoms with Gasteiger partial charge in [-0.1, -0.05) is 29.8 Å². The summed E-state index contributed by atoms with van der Waals surface area (Å²) in [6.07, 6.45) is 13.1. The fraction of sp³-hybridized carbons (Fsp3) is 0.365. The summed E-state index contributed by atoms with van der Waals surface area (Å²) in [5.74, 6) is 5.10. The molecule has 10 N–H and O–H groups in total. The third-order valence-corrected chi connectivity index (χ3v) is 14.4. The molecule has 4 aromatic heterocycles. The van der Waals surface area contributed by atoms with Gasteiger partial charge in [0.2, 0.25) is 11.9 Å². The molecule has 90 heavy (non-hydrogen) atoms. The zero-order chi connectivity index (χ0) is 64.4.